The zero-order valence-corrected chi connectivity index (χ0v) is 10.3. The Morgan fingerprint density at radius 2 is 2.17 bits per heavy atom. The van der Waals surface area contributed by atoms with Gasteiger partial charge in [-0.1, -0.05) is 13.8 Å². The predicted molar refractivity (Wildman–Crippen MR) is 66.1 cm³/mol. The van der Waals surface area contributed by atoms with Gasteiger partial charge < -0.3 is 9.15 Å². The first kappa shape index (κ1) is 12.3. The second-order valence-electron chi connectivity index (χ2n) is 3.84. The van der Waals surface area contributed by atoms with Crippen LogP contribution < -0.4 is 15.9 Å². The third-order valence-corrected chi connectivity index (χ3v) is 2.50. The van der Waals surface area contributed by atoms with E-state index in [2.05, 4.69) is 9.97 Å². The van der Waals surface area contributed by atoms with Crippen molar-refractivity contribution in [2.24, 2.45) is 0 Å². The molecule has 6 heteroatoms. The van der Waals surface area contributed by atoms with Crippen LogP contribution in [0.3, 0.4) is 0 Å². The molecule has 0 saturated heterocycles. The molecule has 0 amide bonds. The number of hydrogen-bond acceptors (Lipinski definition) is 5. The number of fused-ring (bicyclic) bond motifs is 1. The largest absolute Gasteiger partial charge is 0.465 e. The average molecular weight is 250 g/mol. The lowest BCUT2D eigenvalue weighted by molar-refractivity contribution is 0.291. The second kappa shape index (κ2) is 5.03. The van der Waals surface area contributed by atoms with Gasteiger partial charge in [-0.05, 0) is 18.4 Å². The minimum atomic E-state index is -0.515. The van der Waals surface area contributed by atoms with Crippen LogP contribution in [0, 0.1) is 0 Å². The molecule has 0 aliphatic rings. The van der Waals surface area contributed by atoms with E-state index in [0.29, 0.717) is 24.0 Å². The molecule has 0 radical (unpaired) electrons. The Hall–Kier alpha value is -2.11. The predicted octanol–water partition coefficient (Wildman–Crippen LogP) is 1.23. The maximum atomic E-state index is 11.9. The Morgan fingerprint density at radius 1 is 1.39 bits per heavy atom. The fourth-order valence-electron chi connectivity index (χ4n) is 1.67. The van der Waals surface area contributed by atoms with Crippen LogP contribution >= 0.6 is 0 Å². The van der Waals surface area contributed by atoms with Gasteiger partial charge in [-0.3, -0.25) is 9.78 Å². The first-order valence-electron chi connectivity index (χ1n) is 5.85. The van der Waals surface area contributed by atoms with Crippen molar-refractivity contribution in [2.75, 3.05) is 6.61 Å². The highest BCUT2D eigenvalue weighted by Crippen LogP contribution is 2.13. The molecule has 2 rings (SSSR count). The van der Waals surface area contributed by atoms with E-state index in [0.717, 1.165) is 6.42 Å². The molecule has 0 saturated carbocycles. The number of H-pyrrole nitrogens is 1. The number of hydrogen-bond donors (Lipinski definition) is 1. The third-order valence-electron chi connectivity index (χ3n) is 2.50. The molecule has 2 aromatic heterocycles. The molecule has 96 valence electrons. The van der Waals surface area contributed by atoms with Crippen LogP contribution in [0.15, 0.2) is 20.1 Å². The summed E-state index contributed by atoms with van der Waals surface area (Å²) in [5.41, 5.74) is -0.225. The number of aromatic amines is 1. The van der Waals surface area contributed by atoms with Gasteiger partial charge in [0.25, 0.3) is 11.6 Å². The number of aryl methyl sites for hydroxylation is 1. The minimum Gasteiger partial charge on any atom is -0.465 e. The van der Waals surface area contributed by atoms with E-state index in [1.807, 2.05) is 13.8 Å². The highest BCUT2D eigenvalue weighted by Gasteiger charge is 2.11. The first-order chi connectivity index (χ1) is 8.65. The van der Waals surface area contributed by atoms with E-state index in [1.165, 1.54) is 6.07 Å². The van der Waals surface area contributed by atoms with Crippen molar-refractivity contribution in [2.45, 2.75) is 26.7 Å². The lowest BCUT2D eigenvalue weighted by Crippen LogP contribution is -2.15. The van der Waals surface area contributed by atoms with Gasteiger partial charge in [-0.25, -0.2) is 4.79 Å². The lowest BCUT2D eigenvalue weighted by Gasteiger charge is -2.05. The van der Waals surface area contributed by atoms with Gasteiger partial charge in [0.05, 0.1) is 6.61 Å². The first-order valence-corrected chi connectivity index (χ1v) is 5.85. The standard InChI is InChI=1S/C12H14N2O4/c1-3-5-17-12-13-10(16)9-7(4-2)6-8(15)18-11(9)14-12/h6H,3-5H2,1-2H3,(H,13,14,16). The summed E-state index contributed by atoms with van der Waals surface area (Å²) in [7, 11) is 0. The average Bonchev–Trinajstić information content (AvgIpc) is 2.34. The van der Waals surface area contributed by atoms with Crippen molar-refractivity contribution in [3.05, 3.63) is 32.4 Å². The van der Waals surface area contributed by atoms with Crippen LogP contribution in [0.2, 0.25) is 0 Å². The molecule has 0 spiro atoms. The van der Waals surface area contributed by atoms with Crippen molar-refractivity contribution in [1.82, 2.24) is 9.97 Å². The van der Waals surface area contributed by atoms with E-state index in [1.54, 1.807) is 0 Å². The molecule has 1 N–H and O–H groups in total. The van der Waals surface area contributed by atoms with Crippen molar-refractivity contribution < 1.29 is 9.15 Å². The summed E-state index contributed by atoms with van der Waals surface area (Å²) >= 11 is 0. The molecule has 18 heavy (non-hydrogen) atoms. The zero-order chi connectivity index (χ0) is 13.1. The summed E-state index contributed by atoms with van der Waals surface area (Å²) in [4.78, 5) is 29.8. The Morgan fingerprint density at radius 3 is 2.83 bits per heavy atom. The van der Waals surface area contributed by atoms with Gasteiger partial charge in [0.15, 0.2) is 0 Å². The zero-order valence-electron chi connectivity index (χ0n) is 10.3. The number of ether oxygens (including phenoxy) is 1. The van der Waals surface area contributed by atoms with Crippen molar-refractivity contribution in [3.8, 4) is 6.01 Å². The Kier molecular flexibility index (Phi) is 3.45. The summed E-state index contributed by atoms with van der Waals surface area (Å²) in [6.45, 7) is 4.23. The summed E-state index contributed by atoms with van der Waals surface area (Å²) in [5.74, 6) is 0. The lowest BCUT2D eigenvalue weighted by atomic mass is 10.1. The fourth-order valence-corrected chi connectivity index (χ4v) is 1.67. The minimum absolute atomic E-state index is 0.0224. The maximum absolute atomic E-state index is 11.9. The van der Waals surface area contributed by atoms with Crippen LogP contribution in [0.25, 0.3) is 11.1 Å². The molecule has 2 aromatic rings. The van der Waals surface area contributed by atoms with Gasteiger partial charge in [-0.15, -0.1) is 0 Å². The van der Waals surface area contributed by atoms with Crippen molar-refractivity contribution in [1.29, 1.82) is 0 Å². The van der Waals surface area contributed by atoms with Gasteiger partial charge in [0, 0.05) is 6.07 Å². The molecule has 0 aliphatic carbocycles. The molecule has 0 atom stereocenters. The Bertz CT molecular complexity index is 672. The number of nitrogens with zero attached hydrogens (tertiary/aromatic N) is 1. The van der Waals surface area contributed by atoms with Crippen molar-refractivity contribution in [3.63, 3.8) is 0 Å². The van der Waals surface area contributed by atoms with Gasteiger partial charge in [-0.2, -0.15) is 4.98 Å². The molecule has 0 bridgehead atoms. The molecular formula is C12H14N2O4. The van der Waals surface area contributed by atoms with Gasteiger partial charge in [0.1, 0.15) is 5.39 Å². The molecule has 2 heterocycles. The summed E-state index contributed by atoms with van der Waals surface area (Å²) in [6.07, 6.45) is 1.35. The van der Waals surface area contributed by atoms with Crippen LogP contribution in [-0.2, 0) is 6.42 Å². The van der Waals surface area contributed by atoms with Crippen LogP contribution in [0.5, 0.6) is 6.01 Å². The molecule has 0 fully saturated rings. The Labute approximate surface area is 103 Å². The molecule has 0 unspecified atom stereocenters. The topological polar surface area (TPSA) is 85.2 Å². The number of rotatable bonds is 4. The van der Waals surface area contributed by atoms with Crippen molar-refractivity contribution >= 4 is 11.1 Å². The smallest absolute Gasteiger partial charge is 0.337 e. The highest BCUT2D eigenvalue weighted by molar-refractivity contribution is 5.75. The molecule has 6 nitrogen and oxygen atoms in total. The van der Waals surface area contributed by atoms with E-state index in [9.17, 15) is 9.59 Å². The van der Waals surface area contributed by atoms with Crippen LogP contribution in [-0.4, -0.2) is 16.6 Å². The van der Waals surface area contributed by atoms with Gasteiger partial charge in [0.2, 0.25) is 5.71 Å². The second-order valence-corrected chi connectivity index (χ2v) is 3.84. The number of nitrogens with one attached hydrogen (secondary N) is 1. The third kappa shape index (κ3) is 2.27. The quantitative estimate of drug-likeness (QED) is 0.882. The van der Waals surface area contributed by atoms with Crippen LogP contribution in [0.4, 0.5) is 0 Å². The van der Waals surface area contributed by atoms with E-state index in [4.69, 9.17) is 9.15 Å². The highest BCUT2D eigenvalue weighted by atomic mass is 16.5. The van der Waals surface area contributed by atoms with Gasteiger partial charge >= 0.3 is 5.63 Å². The molecular weight excluding hydrogens is 236 g/mol. The molecule has 0 aromatic carbocycles. The SMILES string of the molecule is CCCOc1nc2oc(=O)cc(CC)c2c(=O)[nH]1. The summed E-state index contributed by atoms with van der Waals surface area (Å²) in [5, 5.41) is 0.306. The number of aromatic nitrogens is 2. The normalized spacial score (nSPS) is 10.8. The maximum Gasteiger partial charge on any atom is 0.337 e. The Balaban J connectivity index is 2.66. The van der Waals surface area contributed by atoms with Crippen LogP contribution in [0.1, 0.15) is 25.8 Å². The summed E-state index contributed by atoms with van der Waals surface area (Å²) < 4.78 is 10.2. The summed E-state index contributed by atoms with van der Waals surface area (Å²) in [6, 6.07) is 1.39. The fraction of sp³-hybridized carbons (Fsp3) is 0.417. The van der Waals surface area contributed by atoms with E-state index < -0.39 is 5.63 Å². The monoisotopic (exact) mass is 250 g/mol. The van der Waals surface area contributed by atoms with E-state index in [-0.39, 0.29) is 17.3 Å². The van der Waals surface area contributed by atoms with E-state index >= 15 is 0 Å². The molecule has 0 aliphatic heterocycles.